The minimum Gasteiger partial charge on any atom is -0.397 e. The Morgan fingerprint density at radius 1 is 1.38 bits per heavy atom. The summed E-state index contributed by atoms with van der Waals surface area (Å²) in [5, 5.41) is 7.10. The van der Waals surface area contributed by atoms with Crippen molar-refractivity contribution in [3.63, 3.8) is 0 Å². The highest BCUT2D eigenvalue weighted by atomic mass is 32.1. The van der Waals surface area contributed by atoms with E-state index in [1.54, 1.807) is 0 Å². The lowest BCUT2D eigenvalue weighted by Gasteiger charge is -2.32. The van der Waals surface area contributed by atoms with Crippen molar-refractivity contribution >= 4 is 27.9 Å². The molecule has 0 unspecified atom stereocenters. The van der Waals surface area contributed by atoms with Crippen LogP contribution in [0.3, 0.4) is 0 Å². The number of hydrogen-bond acceptors (Lipinski definition) is 6. The van der Waals surface area contributed by atoms with Crippen LogP contribution in [0.4, 0.5) is 10.7 Å². The van der Waals surface area contributed by atoms with Crippen LogP contribution in [0, 0.1) is 0 Å². The van der Waals surface area contributed by atoms with Crippen LogP contribution in [0.1, 0.15) is 16.6 Å². The number of nitrogens with zero attached hydrogens (tertiary/aromatic N) is 2. The normalized spacial score (nSPS) is 16.9. The molecule has 0 aliphatic carbocycles. The molecule has 21 heavy (non-hydrogen) atoms. The fourth-order valence-corrected chi connectivity index (χ4v) is 3.24. The van der Waals surface area contributed by atoms with E-state index in [2.05, 4.69) is 27.5 Å². The first kappa shape index (κ1) is 16.1. The molecule has 1 aromatic heterocycles. The lowest BCUT2D eigenvalue weighted by atomic mass is 10.3. The largest absolute Gasteiger partial charge is 0.397 e. The maximum atomic E-state index is 11.8. The topological polar surface area (TPSA) is 73.6 Å². The van der Waals surface area contributed by atoms with E-state index >= 15 is 0 Å². The molecule has 2 rings (SSSR count). The number of anilines is 2. The van der Waals surface area contributed by atoms with Crippen LogP contribution in [-0.2, 0) is 0 Å². The van der Waals surface area contributed by atoms with Crippen LogP contribution >= 0.6 is 11.3 Å². The third kappa shape index (κ3) is 4.59. The Hall–Kier alpha value is -1.31. The Labute approximate surface area is 130 Å². The van der Waals surface area contributed by atoms with Crippen LogP contribution in [0.5, 0.6) is 0 Å². The molecule has 0 atom stereocenters. The number of nitrogens with one attached hydrogen (secondary N) is 2. The number of rotatable bonds is 6. The van der Waals surface area contributed by atoms with E-state index < -0.39 is 0 Å². The van der Waals surface area contributed by atoms with Gasteiger partial charge < -0.3 is 21.3 Å². The van der Waals surface area contributed by atoms with Gasteiger partial charge in [0.25, 0.3) is 5.91 Å². The summed E-state index contributed by atoms with van der Waals surface area (Å²) in [5.74, 6) is -0.0906. The first-order valence-electron chi connectivity index (χ1n) is 7.42. The van der Waals surface area contributed by atoms with Gasteiger partial charge in [-0.3, -0.25) is 9.69 Å². The van der Waals surface area contributed by atoms with E-state index in [0.29, 0.717) is 17.1 Å². The zero-order valence-electron chi connectivity index (χ0n) is 12.8. The molecule has 1 aromatic rings. The highest BCUT2D eigenvalue weighted by molar-refractivity contribution is 7.18. The Morgan fingerprint density at radius 2 is 2.10 bits per heavy atom. The fraction of sp³-hybridized carbons (Fsp3) is 0.643. The Bertz CT molecular complexity index is 468. The van der Waals surface area contributed by atoms with Crippen molar-refractivity contribution in [3.05, 3.63) is 10.9 Å². The van der Waals surface area contributed by atoms with Crippen molar-refractivity contribution in [1.82, 2.24) is 15.1 Å². The molecule has 0 spiro atoms. The summed E-state index contributed by atoms with van der Waals surface area (Å²) in [6, 6.07) is 1.85. The summed E-state index contributed by atoms with van der Waals surface area (Å²) >= 11 is 1.42. The smallest absolute Gasteiger partial charge is 0.263 e. The van der Waals surface area contributed by atoms with Gasteiger partial charge in [-0.05, 0) is 20.0 Å². The number of hydrogen-bond donors (Lipinski definition) is 3. The van der Waals surface area contributed by atoms with E-state index in [-0.39, 0.29) is 5.91 Å². The second kappa shape index (κ2) is 7.63. The summed E-state index contributed by atoms with van der Waals surface area (Å²) < 4.78 is 0. The van der Waals surface area contributed by atoms with Gasteiger partial charge in [0.15, 0.2) is 0 Å². The lowest BCUT2D eigenvalue weighted by Crippen LogP contribution is -2.45. The molecule has 0 bridgehead atoms. The van der Waals surface area contributed by atoms with Gasteiger partial charge in [0.05, 0.1) is 10.7 Å². The van der Waals surface area contributed by atoms with Gasteiger partial charge in [-0.25, -0.2) is 0 Å². The zero-order chi connectivity index (χ0) is 15.2. The van der Waals surface area contributed by atoms with E-state index in [1.165, 1.54) is 11.3 Å². The molecule has 0 aromatic carbocycles. The summed E-state index contributed by atoms with van der Waals surface area (Å²) in [5.41, 5.74) is 6.45. The van der Waals surface area contributed by atoms with Gasteiger partial charge in [-0.15, -0.1) is 11.3 Å². The highest BCUT2D eigenvalue weighted by Crippen LogP contribution is 2.28. The van der Waals surface area contributed by atoms with Crippen LogP contribution in [0.15, 0.2) is 6.07 Å². The molecular formula is C14H25N5OS. The number of likely N-dealkylation sites (N-methyl/N-ethyl adjacent to an activating group) is 1. The first-order valence-corrected chi connectivity index (χ1v) is 8.24. The van der Waals surface area contributed by atoms with Crippen molar-refractivity contribution in [2.75, 3.05) is 63.9 Å². The van der Waals surface area contributed by atoms with E-state index in [4.69, 9.17) is 5.73 Å². The molecule has 1 aliphatic rings. The van der Waals surface area contributed by atoms with E-state index in [0.717, 1.165) is 44.3 Å². The highest BCUT2D eigenvalue weighted by Gasteiger charge is 2.15. The Kier molecular flexibility index (Phi) is 5.84. The Balaban J connectivity index is 1.78. The number of thiophene rings is 1. The zero-order valence-corrected chi connectivity index (χ0v) is 13.6. The summed E-state index contributed by atoms with van der Waals surface area (Å²) in [6.07, 6.45) is 0. The predicted octanol–water partition coefficient (Wildman–Crippen LogP) is 0.739. The molecule has 0 radical (unpaired) electrons. The minimum absolute atomic E-state index is 0.0906. The molecule has 0 saturated carbocycles. The summed E-state index contributed by atoms with van der Waals surface area (Å²) in [6.45, 7) is 8.91. The first-order chi connectivity index (χ1) is 10.1. The quantitative estimate of drug-likeness (QED) is 0.723. The van der Waals surface area contributed by atoms with Crippen molar-refractivity contribution in [3.8, 4) is 0 Å². The average molecular weight is 311 g/mol. The van der Waals surface area contributed by atoms with Crippen molar-refractivity contribution < 1.29 is 4.79 Å². The van der Waals surface area contributed by atoms with Gasteiger partial charge >= 0.3 is 0 Å². The Morgan fingerprint density at radius 3 is 2.76 bits per heavy atom. The van der Waals surface area contributed by atoms with Gasteiger partial charge in [0.1, 0.15) is 4.88 Å². The number of nitrogens with two attached hydrogens (primary N) is 1. The van der Waals surface area contributed by atoms with Gasteiger partial charge in [0.2, 0.25) is 0 Å². The van der Waals surface area contributed by atoms with Crippen LogP contribution in [0.2, 0.25) is 0 Å². The number of piperazine rings is 1. The second-order valence-electron chi connectivity index (χ2n) is 5.33. The molecule has 1 fully saturated rings. The monoisotopic (exact) mass is 311 g/mol. The van der Waals surface area contributed by atoms with Crippen LogP contribution in [0.25, 0.3) is 0 Å². The number of nitrogen functional groups attached to an aromatic ring is 1. The SMILES string of the molecule is CCNC(=O)c1sc(NCCN2CCN(C)CC2)cc1N. The van der Waals surface area contributed by atoms with Gasteiger partial charge in [-0.2, -0.15) is 0 Å². The molecule has 2 heterocycles. The lowest BCUT2D eigenvalue weighted by molar-refractivity contribution is 0.0960. The van der Waals surface area contributed by atoms with Crippen molar-refractivity contribution in [2.24, 2.45) is 0 Å². The molecule has 7 heteroatoms. The van der Waals surface area contributed by atoms with Crippen molar-refractivity contribution in [1.29, 1.82) is 0 Å². The van der Waals surface area contributed by atoms with Crippen LogP contribution in [-0.4, -0.2) is 68.6 Å². The molecule has 6 nitrogen and oxygen atoms in total. The molecule has 1 amide bonds. The van der Waals surface area contributed by atoms with Crippen molar-refractivity contribution in [2.45, 2.75) is 6.92 Å². The van der Waals surface area contributed by atoms with Gasteiger partial charge in [0, 0.05) is 45.8 Å². The molecule has 4 N–H and O–H groups in total. The molecule has 118 valence electrons. The molecule has 1 saturated heterocycles. The number of amides is 1. The average Bonchev–Trinajstić information content (AvgIpc) is 2.82. The predicted molar refractivity (Wildman–Crippen MR) is 89.2 cm³/mol. The maximum absolute atomic E-state index is 11.8. The summed E-state index contributed by atoms with van der Waals surface area (Å²) in [4.78, 5) is 17.2. The molecule has 1 aliphatic heterocycles. The standard InChI is InChI=1S/C14H25N5OS/c1-3-16-14(20)13-11(15)10-12(21-13)17-4-5-19-8-6-18(2)7-9-19/h10,17H,3-9,15H2,1-2H3,(H,16,20). The van der Waals surface area contributed by atoms with Gasteiger partial charge in [-0.1, -0.05) is 0 Å². The third-order valence-electron chi connectivity index (χ3n) is 3.63. The van der Waals surface area contributed by atoms with E-state index in [1.807, 2.05) is 13.0 Å². The van der Waals surface area contributed by atoms with E-state index in [9.17, 15) is 4.79 Å². The minimum atomic E-state index is -0.0906. The number of carbonyl (C=O) groups excluding carboxylic acids is 1. The van der Waals surface area contributed by atoms with Crippen LogP contribution < -0.4 is 16.4 Å². The maximum Gasteiger partial charge on any atom is 0.263 e. The summed E-state index contributed by atoms with van der Waals surface area (Å²) in [7, 11) is 2.16. The number of carbonyl (C=O) groups is 1. The second-order valence-corrected chi connectivity index (χ2v) is 6.38. The fourth-order valence-electron chi connectivity index (χ4n) is 2.32. The third-order valence-corrected chi connectivity index (χ3v) is 4.73. The molecular weight excluding hydrogens is 286 g/mol.